The van der Waals surface area contributed by atoms with Crippen molar-refractivity contribution < 1.29 is 19.1 Å². The fourth-order valence-corrected chi connectivity index (χ4v) is 3.26. The highest BCUT2D eigenvalue weighted by atomic mass is 35.5. The van der Waals surface area contributed by atoms with E-state index in [2.05, 4.69) is 15.8 Å². The van der Waals surface area contributed by atoms with Gasteiger partial charge < -0.3 is 14.8 Å². The van der Waals surface area contributed by atoms with Crippen LogP contribution in [0.1, 0.15) is 23.6 Å². The summed E-state index contributed by atoms with van der Waals surface area (Å²) in [6, 6.07) is 17.9. The van der Waals surface area contributed by atoms with Crippen molar-refractivity contribution in [2.24, 2.45) is 5.10 Å². The summed E-state index contributed by atoms with van der Waals surface area (Å²) in [5.74, 6) is -0.768. The molecule has 0 aliphatic heterocycles. The van der Waals surface area contributed by atoms with Crippen molar-refractivity contribution in [3.63, 3.8) is 0 Å². The molecule has 0 unspecified atom stereocenters. The highest BCUT2D eigenvalue weighted by molar-refractivity contribution is 6.45. The molecule has 3 rings (SSSR count). The molecule has 176 valence electrons. The summed E-state index contributed by atoms with van der Waals surface area (Å²) >= 11 is 11.9. The molecule has 0 saturated heterocycles. The van der Waals surface area contributed by atoms with E-state index in [0.29, 0.717) is 30.3 Å². The topological polar surface area (TPSA) is 89.0 Å². The molecule has 7 nitrogen and oxygen atoms in total. The van der Waals surface area contributed by atoms with Crippen LogP contribution in [0, 0.1) is 6.92 Å². The number of halogens is 2. The second kappa shape index (κ2) is 12.1. The number of hydrogen-bond acceptors (Lipinski definition) is 5. The maximum atomic E-state index is 12.1. The lowest BCUT2D eigenvalue weighted by Crippen LogP contribution is -2.32. The molecule has 0 saturated carbocycles. The number of hydrogen-bond donors (Lipinski definition) is 2. The Bertz CT molecular complexity index is 1210. The highest BCUT2D eigenvalue weighted by Gasteiger charge is 2.15. The molecule has 34 heavy (non-hydrogen) atoms. The standard InChI is InChI=1S/C25H23Cl2N3O4/c1-3-33-22-13-17(11-12-21(22)34-15-18-8-5-4-7-16(18)2)14-28-30-25(32)24(31)29-20-10-6-9-19(26)23(20)27/h4-14H,3,15H2,1-2H3,(H,29,31)(H,30,32). The van der Waals surface area contributed by atoms with Crippen molar-refractivity contribution >= 4 is 46.9 Å². The minimum Gasteiger partial charge on any atom is -0.490 e. The average molecular weight is 500 g/mol. The first-order chi connectivity index (χ1) is 16.4. The van der Waals surface area contributed by atoms with Gasteiger partial charge in [-0.15, -0.1) is 0 Å². The van der Waals surface area contributed by atoms with Gasteiger partial charge in [0.1, 0.15) is 6.61 Å². The van der Waals surface area contributed by atoms with Gasteiger partial charge in [-0.25, -0.2) is 5.43 Å². The highest BCUT2D eigenvalue weighted by Crippen LogP contribution is 2.30. The molecular formula is C25H23Cl2N3O4. The Balaban J connectivity index is 1.61. The lowest BCUT2D eigenvalue weighted by atomic mass is 10.1. The van der Waals surface area contributed by atoms with Crippen LogP contribution in [0.2, 0.25) is 10.0 Å². The molecule has 2 N–H and O–H groups in total. The Kier molecular flexibility index (Phi) is 8.90. The van der Waals surface area contributed by atoms with Gasteiger partial charge in [-0.2, -0.15) is 5.10 Å². The number of nitrogens with zero attached hydrogens (tertiary/aromatic N) is 1. The van der Waals surface area contributed by atoms with Crippen molar-refractivity contribution in [3.8, 4) is 11.5 Å². The minimum atomic E-state index is -0.962. The number of ether oxygens (including phenoxy) is 2. The third-order valence-electron chi connectivity index (χ3n) is 4.70. The van der Waals surface area contributed by atoms with Gasteiger partial charge in [0.2, 0.25) is 0 Å². The zero-order valence-corrected chi connectivity index (χ0v) is 20.1. The van der Waals surface area contributed by atoms with E-state index in [4.69, 9.17) is 32.7 Å². The predicted molar refractivity (Wildman–Crippen MR) is 134 cm³/mol. The first-order valence-corrected chi connectivity index (χ1v) is 11.2. The van der Waals surface area contributed by atoms with E-state index in [-0.39, 0.29) is 15.7 Å². The van der Waals surface area contributed by atoms with Crippen LogP contribution in [0.3, 0.4) is 0 Å². The number of benzene rings is 3. The van der Waals surface area contributed by atoms with Gasteiger partial charge in [-0.05, 0) is 60.9 Å². The normalized spacial score (nSPS) is 10.7. The fraction of sp³-hybridized carbons (Fsp3) is 0.160. The van der Waals surface area contributed by atoms with Crippen molar-refractivity contribution in [1.29, 1.82) is 0 Å². The van der Waals surface area contributed by atoms with Crippen LogP contribution in [-0.4, -0.2) is 24.6 Å². The van der Waals surface area contributed by atoms with Crippen molar-refractivity contribution in [2.75, 3.05) is 11.9 Å². The summed E-state index contributed by atoms with van der Waals surface area (Å²) in [6.07, 6.45) is 1.39. The van der Waals surface area contributed by atoms with E-state index in [0.717, 1.165) is 11.1 Å². The lowest BCUT2D eigenvalue weighted by molar-refractivity contribution is -0.136. The summed E-state index contributed by atoms with van der Waals surface area (Å²) < 4.78 is 11.6. The molecule has 0 radical (unpaired) electrons. The molecule has 0 aromatic heterocycles. The molecule has 0 fully saturated rings. The molecule has 9 heteroatoms. The molecule has 0 spiro atoms. The van der Waals surface area contributed by atoms with Crippen molar-refractivity contribution in [3.05, 3.63) is 87.4 Å². The van der Waals surface area contributed by atoms with Gasteiger partial charge in [0, 0.05) is 0 Å². The Morgan fingerprint density at radius 2 is 1.76 bits per heavy atom. The summed E-state index contributed by atoms with van der Waals surface area (Å²) in [6.45, 7) is 4.75. The van der Waals surface area contributed by atoms with Crippen LogP contribution in [0.4, 0.5) is 5.69 Å². The van der Waals surface area contributed by atoms with Gasteiger partial charge in [0.25, 0.3) is 0 Å². The number of amides is 2. The van der Waals surface area contributed by atoms with Crippen LogP contribution in [0.25, 0.3) is 0 Å². The summed E-state index contributed by atoms with van der Waals surface area (Å²) in [5, 5.41) is 6.63. The van der Waals surface area contributed by atoms with Gasteiger partial charge >= 0.3 is 11.8 Å². The van der Waals surface area contributed by atoms with Gasteiger partial charge in [-0.1, -0.05) is 53.5 Å². The largest absolute Gasteiger partial charge is 0.490 e. The summed E-state index contributed by atoms with van der Waals surface area (Å²) in [5.41, 5.74) is 5.26. The van der Waals surface area contributed by atoms with E-state index >= 15 is 0 Å². The third kappa shape index (κ3) is 6.73. The molecule has 0 bridgehead atoms. The van der Waals surface area contributed by atoms with Gasteiger partial charge in [-0.3, -0.25) is 9.59 Å². The van der Waals surface area contributed by atoms with Gasteiger partial charge in [0.05, 0.1) is 28.6 Å². The lowest BCUT2D eigenvalue weighted by Gasteiger charge is -2.13. The van der Waals surface area contributed by atoms with E-state index in [1.807, 2.05) is 38.1 Å². The molecule has 2 amide bonds. The number of aryl methyl sites for hydroxylation is 1. The van der Waals surface area contributed by atoms with Crippen LogP contribution in [0.5, 0.6) is 11.5 Å². The second-order valence-corrected chi connectivity index (χ2v) is 7.89. The van der Waals surface area contributed by atoms with E-state index in [1.54, 1.807) is 30.3 Å². The third-order valence-corrected chi connectivity index (χ3v) is 5.52. The van der Waals surface area contributed by atoms with Crippen molar-refractivity contribution in [2.45, 2.75) is 20.5 Å². The van der Waals surface area contributed by atoms with Crippen LogP contribution >= 0.6 is 23.2 Å². The molecule has 0 aliphatic rings. The van der Waals surface area contributed by atoms with Crippen LogP contribution < -0.4 is 20.2 Å². The Morgan fingerprint density at radius 3 is 2.53 bits per heavy atom. The first-order valence-electron chi connectivity index (χ1n) is 10.4. The average Bonchev–Trinajstić information content (AvgIpc) is 2.82. The number of nitrogens with one attached hydrogen (secondary N) is 2. The smallest absolute Gasteiger partial charge is 0.329 e. The minimum absolute atomic E-state index is 0.141. The zero-order chi connectivity index (χ0) is 24.5. The molecular weight excluding hydrogens is 477 g/mol. The summed E-state index contributed by atoms with van der Waals surface area (Å²) in [7, 11) is 0. The van der Waals surface area contributed by atoms with E-state index in [1.165, 1.54) is 12.3 Å². The molecule has 3 aromatic carbocycles. The predicted octanol–water partition coefficient (Wildman–Crippen LogP) is 5.37. The monoisotopic (exact) mass is 499 g/mol. The number of rotatable bonds is 8. The molecule has 0 heterocycles. The number of carbonyl (C=O) groups is 2. The zero-order valence-electron chi connectivity index (χ0n) is 18.6. The molecule has 0 aliphatic carbocycles. The number of carbonyl (C=O) groups excluding carboxylic acids is 2. The quantitative estimate of drug-likeness (QED) is 0.247. The first kappa shape index (κ1) is 25.1. The SMILES string of the molecule is CCOc1cc(C=NNC(=O)C(=O)Nc2cccc(Cl)c2Cl)ccc1OCc1ccccc1C. The Hall–Kier alpha value is -3.55. The molecule has 0 atom stereocenters. The second-order valence-electron chi connectivity index (χ2n) is 7.11. The maximum absolute atomic E-state index is 12.1. The van der Waals surface area contributed by atoms with Crippen molar-refractivity contribution in [1.82, 2.24) is 5.43 Å². The number of hydrazone groups is 1. The van der Waals surface area contributed by atoms with E-state index < -0.39 is 11.8 Å². The van der Waals surface area contributed by atoms with Gasteiger partial charge in [0.15, 0.2) is 11.5 Å². The van der Waals surface area contributed by atoms with Crippen LogP contribution in [-0.2, 0) is 16.2 Å². The number of anilines is 1. The van der Waals surface area contributed by atoms with Crippen LogP contribution in [0.15, 0.2) is 65.8 Å². The Morgan fingerprint density at radius 1 is 0.971 bits per heavy atom. The van der Waals surface area contributed by atoms with E-state index in [9.17, 15) is 9.59 Å². The Labute approximate surface area is 207 Å². The molecule has 3 aromatic rings. The fourth-order valence-electron chi connectivity index (χ4n) is 2.92. The maximum Gasteiger partial charge on any atom is 0.329 e. The summed E-state index contributed by atoms with van der Waals surface area (Å²) in [4.78, 5) is 24.1.